The van der Waals surface area contributed by atoms with Crippen LogP contribution >= 0.6 is 0 Å². The van der Waals surface area contributed by atoms with Crippen molar-refractivity contribution in [2.24, 2.45) is 0 Å². The number of hydrogen-bond acceptors (Lipinski definition) is 4. The van der Waals surface area contributed by atoms with E-state index in [1.807, 2.05) is 0 Å². The van der Waals surface area contributed by atoms with Gasteiger partial charge >= 0.3 is 0 Å². The molecule has 3 aromatic carbocycles. The molecule has 0 atom stereocenters. The summed E-state index contributed by atoms with van der Waals surface area (Å²) in [6.45, 7) is 1.12. The molecule has 156 valence electrons. The van der Waals surface area contributed by atoms with E-state index in [0.717, 1.165) is 4.31 Å². The van der Waals surface area contributed by atoms with Gasteiger partial charge in [0.15, 0.2) is 0 Å². The number of anilines is 2. The highest BCUT2D eigenvalue weighted by molar-refractivity contribution is 7.92. The molecule has 0 aliphatic carbocycles. The Bertz CT molecular complexity index is 1130. The molecule has 0 aliphatic rings. The molecule has 3 aromatic rings. The smallest absolute Gasteiger partial charge is 0.264 e. The maximum Gasteiger partial charge on any atom is 0.264 e. The summed E-state index contributed by atoms with van der Waals surface area (Å²) in [5, 5.41) is 2.55. The molecular weight excluding hydrogens is 407 g/mol. The quantitative estimate of drug-likeness (QED) is 0.618. The third kappa shape index (κ3) is 4.77. The van der Waals surface area contributed by atoms with Crippen LogP contribution in [0.3, 0.4) is 0 Å². The Morgan fingerprint density at radius 3 is 2.30 bits per heavy atom. The average Bonchev–Trinajstić information content (AvgIpc) is 2.75. The monoisotopic (exact) mass is 428 g/mol. The number of carbonyl (C=O) groups is 1. The lowest BCUT2D eigenvalue weighted by Crippen LogP contribution is -2.38. The van der Waals surface area contributed by atoms with Gasteiger partial charge in [0.2, 0.25) is 5.91 Å². The number of nitrogens with zero attached hydrogens (tertiary/aromatic N) is 1. The highest BCUT2D eigenvalue weighted by Gasteiger charge is 2.27. The summed E-state index contributed by atoms with van der Waals surface area (Å²) in [4.78, 5) is 12.7. The number of halogens is 1. The minimum absolute atomic E-state index is 0.0509. The van der Waals surface area contributed by atoms with Crippen molar-refractivity contribution in [2.45, 2.75) is 11.8 Å². The Hall–Kier alpha value is -3.39. The van der Waals surface area contributed by atoms with Gasteiger partial charge in [0.1, 0.15) is 18.1 Å². The van der Waals surface area contributed by atoms with Gasteiger partial charge < -0.3 is 10.1 Å². The van der Waals surface area contributed by atoms with Crippen molar-refractivity contribution in [2.75, 3.05) is 23.3 Å². The van der Waals surface area contributed by atoms with Gasteiger partial charge in [0.05, 0.1) is 17.7 Å². The molecule has 0 radical (unpaired) electrons. The van der Waals surface area contributed by atoms with Crippen LogP contribution in [0.15, 0.2) is 77.7 Å². The van der Waals surface area contributed by atoms with Crippen LogP contribution < -0.4 is 14.4 Å². The minimum atomic E-state index is -4.02. The first-order chi connectivity index (χ1) is 14.3. The van der Waals surface area contributed by atoms with Crippen molar-refractivity contribution in [3.63, 3.8) is 0 Å². The first-order valence-corrected chi connectivity index (χ1v) is 10.5. The molecule has 0 saturated carbocycles. The normalized spacial score (nSPS) is 11.0. The summed E-state index contributed by atoms with van der Waals surface area (Å²) >= 11 is 0. The highest BCUT2D eigenvalue weighted by atomic mass is 32.2. The predicted molar refractivity (Wildman–Crippen MR) is 114 cm³/mol. The Kier molecular flexibility index (Phi) is 6.37. The lowest BCUT2D eigenvalue weighted by atomic mass is 10.2. The van der Waals surface area contributed by atoms with Crippen LogP contribution in [0.1, 0.15) is 5.56 Å². The van der Waals surface area contributed by atoms with E-state index in [2.05, 4.69) is 5.32 Å². The number of methoxy groups -OCH3 is 1. The lowest BCUT2D eigenvalue weighted by Gasteiger charge is -2.24. The first-order valence-electron chi connectivity index (χ1n) is 9.09. The molecule has 0 aromatic heterocycles. The van der Waals surface area contributed by atoms with Crippen molar-refractivity contribution in [1.82, 2.24) is 0 Å². The van der Waals surface area contributed by atoms with Crippen molar-refractivity contribution in [3.8, 4) is 5.75 Å². The molecule has 0 bridgehead atoms. The van der Waals surface area contributed by atoms with Gasteiger partial charge in [-0.25, -0.2) is 12.8 Å². The van der Waals surface area contributed by atoms with Crippen molar-refractivity contribution < 1.29 is 22.3 Å². The Morgan fingerprint density at radius 1 is 1.03 bits per heavy atom. The number of carbonyl (C=O) groups excluding carboxylic acids is 1. The number of nitrogens with one attached hydrogen (secondary N) is 1. The van der Waals surface area contributed by atoms with Gasteiger partial charge in [-0.2, -0.15) is 0 Å². The Morgan fingerprint density at radius 2 is 1.70 bits per heavy atom. The van der Waals surface area contributed by atoms with Crippen molar-refractivity contribution in [3.05, 3.63) is 84.2 Å². The van der Waals surface area contributed by atoms with Crippen LogP contribution in [0, 0.1) is 12.7 Å². The van der Waals surface area contributed by atoms with Crippen molar-refractivity contribution in [1.29, 1.82) is 0 Å². The van der Waals surface area contributed by atoms with E-state index in [1.54, 1.807) is 55.5 Å². The minimum Gasteiger partial charge on any atom is -0.497 e. The van der Waals surface area contributed by atoms with Crippen LogP contribution in [0.25, 0.3) is 0 Å². The number of sulfonamides is 1. The molecular formula is C22H21FN2O4S. The van der Waals surface area contributed by atoms with Crippen LogP contribution in [-0.4, -0.2) is 28.0 Å². The number of benzene rings is 3. The van der Waals surface area contributed by atoms with Gasteiger partial charge in [0.25, 0.3) is 10.0 Å². The fourth-order valence-corrected chi connectivity index (χ4v) is 4.23. The molecule has 30 heavy (non-hydrogen) atoms. The standard InChI is InChI=1S/C22H21FN2O4S/c1-16-8-9-17(14-21(16)23)24-22(26)15-25(18-10-12-19(29-2)13-11-18)30(27,28)20-6-4-3-5-7-20/h3-14H,15H2,1-2H3,(H,24,26). The third-order valence-electron chi connectivity index (χ3n) is 4.43. The molecule has 0 saturated heterocycles. The second-order valence-electron chi connectivity index (χ2n) is 6.53. The molecule has 0 heterocycles. The zero-order chi connectivity index (χ0) is 21.7. The largest absolute Gasteiger partial charge is 0.497 e. The third-order valence-corrected chi connectivity index (χ3v) is 6.22. The number of rotatable bonds is 7. The lowest BCUT2D eigenvalue weighted by molar-refractivity contribution is -0.114. The molecule has 1 N–H and O–H groups in total. The number of amides is 1. The summed E-state index contributed by atoms with van der Waals surface area (Å²) in [6.07, 6.45) is 0. The predicted octanol–water partition coefficient (Wildman–Crippen LogP) is 3.98. The van der Waals surface area contributed by atoms with Crippen LogP contribution in [0.2, 0.25) is 0 Å². The molecule has 0 aliphatic heterocycles. The first kappa shape index (κ1) is 21.3. The van der Waals surface area contributed by atoms with E-state index in [0.29, 0.717) is 17.0 Å². The average molecular weight is 428 g/mol. The molecule has 0 spiro atoms. The van der Waals surface area contributed by atoms with E-state index in [4.69, 9.17) is 4.74 Å². The molecule has 3 rings (SSSR count). The molecule has 8 heteroatoms. The molecule has 0 unspecified atom stereocenters. The molecule has 0 fully saturated rings. The topological polar surface area (TPSA) is 75.7 Å². The fraction of sp³-hybridized carbons (Fsp3) is 0.136. The maximum absolute atomic E-state index is 13.8. The Balaban J connectivity index is 1.92. The van der Waals surface area contributed by atoms with Gasteiger partial charge in [-0.3, -0.25) is 9.10 Å². The molecule has 6 nitrogen and oxygen atoms in total. The van der Waals surface area contributed by atoms with E-state index in [9.17, 15) is 17.6 Å². The number of hydrogen-bond donors (Lipinski definition) is 1. The van der Waals surface area contributed by atoms with E-state index in [-0.39, 0.29) is 10.6 Å². The van der Waals surface area contributed by atoms with E-state index in [1.165, 1.54) is 31.4 Å². The summed E-state index contributed by atoms with van der Waals surface area (Å²) < 4.78 is 46.3. The van der Waals surface area contributed by atoms with Gasteiger partial charge in [0, 0.05) is 5.69 Å². The second-order valence-corrected chi connectivity index (χ2v) is 8.40. The highest BCUT2D eigenvalue weighted by Crippen LogP contribution is 2.26. The van der Waals surface area contributed by atoms with Crippen molar-refractivity contribution >= 4 is 27.3 Å². The summed E-state index contributed by atoms with van der Waals surface area (Å²) in [6, 6.07) is 18.4. The van der Waals surface area contributed by atoms with Crippen LogP contribution in [-0.2, 0) is 14.8 Å². The zero-order valence-electron chi connectivity index (χ0n) is 16.5. The van der Waals surface area contributed by atoms with Gasteiger partial charge in [-0.05, 0) is 61.0 Å². The molecule has 1 amide bonds. The SMILES string of the molecule is COc1ccc(N(CC(=O)Nc2ccc(C)c(F)c2)S(=O)(=O)c2ccccc2)cc1. The fourth-order valence-electron chi connectivity index (χ4n) is 2.78. The van der Waals surface area contributed by atoms with Gasteiger partial charge in [-0.15, -0.1) is 0 Å². The second kappa shape index (κ2) is 8.96. The van der Waals surface area contributed by atoms with Crippen LogP contribution in [0.5, 0.6) is 5.75 Å². The summed E-state index contributed by atoms with van der Waals surface area (Å²) in [7, 11) is -2.52. The van der Waals surface area contributed by atoms with Gasteiger partial charge in [-0.1, -0.05) is 24.3 Å². The van der Waals surface area contributed by atoms with E-state index >= 15 is 0 Å². The number of aryl methyl sites for hydroxylation is 1. The number of ether oxygens (including phenoxy) is 1. The zero-order valence-corrected chi connectivity index (χ0v) is 17.3. The van der Waals surface area contributed by atoms with Crippen LogP contribution in [0.4, 0.5) is 15.8 Å². The summed E-state index contributed by atoms with van der Waals surface area (Å²) in [5.74, 6) is -0.513. The van der Waals surface area contributed by atoms with E-state index < -0.39 is 28.3 Å². The maximum atomic E-state index is 13.8. The Labute approximate surface area is 175 Å². The summed E-state index contributed by atoms with van der Waals surface area (Å²) in [5.41, 5.74) is 0.985.